The zero-order valence-corrected chi connectivity index (χ0v) is 24.7. The molecule has 3 aromatic rings. The number of fused-ring (bicyclic) bond motifs is 1. The highest BCUT2D eigenvalue weighted by Crippen LogP contribution is 2.36. The van der Waals surface area contributed by atoms with Crippen LogP contribution < -0.4 is 19.1 Å². The number of carbonyl (C=O) groups excluding carboxylic acids is 2. The highest BCUT2D eigenvalue weighted by Gasteiger charge is 2.34. The van der Waals surface area contributed by atoms with Crippen LogP contribution in [0.1, 0.15) is 32.3 Å². The molecular weight excluding hydrogens is 566 g/mol. The van der Waals surface area contributed by atoms with Crippen molar-refractivity contribution in [2.45, 2.75) is 44.2 Å². The fourth-order valence-corrected chi connectivity index (χ4v) is 6.06. The molecule has 0 bridgehead atoms. The minimum absolute atomic E-state index is 0.0275. The first-order valence-electron chi connectivity index (χ1n) is 13.5. The van der Waals surface area contributed by atoms with Gasteiger partial charge in [0.25, 0.3) is 10.0 Å². The monoisotopic (exact) mass is 599 g/mol. The lowest BCUT2D eigenvalue weighted by Crippen LogP contribution is -2.52. The standard InChI is InChI=1S/C30H34ClN3O6S/c1-3-16-32-30(36)26(4-2)33(20-22-10-12-23(31)13-11-22)29(35)21-34(41(37,38)25-8-6-5-7-9-25)24-14-15-27-28(19-24)40-18-17-39-27/h5-15,19,26H,3-4,16-18,20-21H2,1-2H3,(H,32,36). The van der Waals surface area contributed by atoms with Gasteiger partial charge in [-0.3, -0.25) is 13.9 Å². The second kappa shape index (κ2) is 13.7. The number of carbonyl (C=O) groups is 2. The smallest absolute Gasteiger partial charge is 0.264 e. The van der Waals surface area contributed by atoms with Gasteiger partial charge in [0, 0.05) is 24.2 Å². The van der Waals surface area contributed by atoms with Gasteiger partial charge in [0.15, 0.2) is 11.5 Å². The average Bonchev–Trinajstić information content (AvgIpc) is 2.99. The van der Waals surface area contributed by atoms with Gasteiger partial charge in [-0.1, -0.05) is 55.8 Å². The van der Waals surface area contributed by atoms with Crippen molar-refractivity contribution in [1.82, 2.24) is 10.2 Å². The van der Waals surface area contributed by atoms with Crippen LogP contribution in [0, 0.1) is 0 Å². The van der Waals surface area contributed by atoms with E-state index in [-0.39, 0.29) is 23.0 Å². The maximum atomic E-state index is 14.1. The second-order valence-corrected chi connectivity index (χ2v) is 11.8. The first-order valence-corrected chi connectivity index (χ1v) is 15.4. The largest absolute Gasteiger partial charge is 0.486 e. The SMILES string of the molecule is CCCNC(=O)C(CC)N(Cc1ccc(Cl)cc1)C(=O)CN(c1ccc2c(c1)OCCO2)S(=O)(=O)c1ccccc1. The van der Waals surface area contributed by atoms with E-state index in [2.05, 4.69) is 5.32 Å². The molecule has 1 N–H and O–H groups in total. The predicted molar refractivity (Wildman–Crippen MR) is 158 cm³/mol. The molecule has 9 nitrogen and oxygen atoms in total. The molecule has 2 amide bonds. The molecule has 1 aliphatic rings. The lowest BCUT2D eigenvalue weighted by Gasteiger charge is -2.33. The van der Waals surface area contributed by atoms with Crippen molar-refractivity contribution in [1.29, 1.82) is 0 Å². The molecule has 0 saturated heterocycles. The minimum atomic E-state index is -4.18. The molecular formula is C30H34ClN3O6S. The number of hydrogen-bond acceptors (Lipinski definition) is 6. The third-order valence-corrected chi connectivity index (χ3v) is 8.67. The Labute approximate surface area is 246 Å². The molecule has 0 aliphatic carbocycles. The number of halogens is 1. The van der Waals surface area contributed by atoms with Crippen LogP contribution in [0.25, 0.3) is 0 Å². The van der Waals surface area contributed by atoms with E-state index < -0.39 is 28.5 Å². The highest BCUT2D eigenvalue weighted by molar-refractivity contribution is 7.92. The summed E-state index contributed by atoms with van der Waals surface area (Å²) in [5.41, 5.74) is 0.989. The second-order valence-electron chi connectivity index (χ2n) is 9.52. The fourth-order valence-electron chi connectivity index (χ4n) is 4.51. The van der Waals surface area contributed by atoms with Crippen LogP contribution >= 0.6 is 11.6 Å². The molecule has 41 heavy (non-hydrogen) atoms. The summed E-state index contributed by atoms with van der Waals surface area (Å²) < 4.78 is 40.3. The Morgan fingerprint density at radius 3 is 2.29 bits per heavy atom. The summed E-state index contributed by atoms with van der Waals surface area (Å²) in [5.74, 6) is 0.0468. The van der Waals surface area contributed by atoms with Crippen molar-refractivity contribution < 1.29 is 27.5 Å². The molecule has 1 aliphatic heterocycles. The number of anilines is 1. The molecule has 0 saturated carbocycles. The van der Waals surface area contributed by atoms with Crippen molar-refractivity contribution in [3.63, 3.8) is 0 Å². The number of nitrogens with zero attached hydrogens (tertiary/aromatic N) is 2. The first kappa shape index (κ1) is 30.2. The van der Waals surface area contributed by atoms with Gasteiger partial charge in [0.1, 0.15) is 25.8 Å². The Morgan fingerprint density at radius 2 is 1.63 bits per heavy atom. The number of ether oxygens (including phenoxy) is 2. The Balaban J connectivity index is 1.74. The van der Waals surface area contributed by atoms with Crippen LogP contribution in [0.2, 0.25) is 5.02 Å². The van der Waals surface area contributed by atoms with E-state index in [9.17, 15) is 18.0 Å². The maximum Gasteiger partial charge on any atom is 0.264 e. The number of benzene rings is 3. The van der Waals surface area contributed by atoms with Crippen molar-refractivity contribution in [3.05, 3.63) is 83.4 Å². The number of sulfonamides is 1. The van der Waals surface area contributed by atoms with Gasteiger partial charge in [0.2, 0.25) is 11.8 Å². The summed E-state index contributed by atoms with van der Waals surface area (Å²) in [6.45, 7) is 4.48. The Hall–Kier alpha value is -3.76. The number of nitrogens with one attached hydrogen (secondary N) is 1. The average molecular weight is 600 g/mol. The lowest BCUT2D eigenvalue weighted by molar-refractivity contribution is -0.140. The van der Waals surface area contributed by atoms with Gasteiger partial charge in [0.05, 0.1) is 10.6 Å². The summed E-state index contributed by atoms with van der Waals surface area (Å²) in [6.07, 6.45) is 1.07. The molecule has 0 spiro atoms. The third-order valence-electron chi connectivity index (χ3n) is 6.63. The van der Waals surface area contributed by atoms with Crippen LogP contribution in [0.3, 0.4) is 0 Å². The van der Waals surface area contributed by atoms with Gasteiger partial charge >= 0.3 is 0 Å². The third kappa shape index (κ3) is 7.31. The molecule has 1 unspecified atom stereocenters. The molecule has 0 radical (unpaired) electrons. The number of amides is 2. The molecule has 3 aromatic carbocycles. The van der Waals surface area contributed by atoms with Gasteiger partial charge < -0.3 is 19.7 Å². The van der Waals surface area contributed by atoms with Crippen molar-refractivity contribution in [3.8, 4) is 11.5 Å². The summed E-state index contributed by atoms with van der Waals surface area (Å²) in [6, 6.07) is 18.8. The topological polar surface area (TPSA) is 105 Å². The van der Waals surface area contributed by atoms with Crippen molar-refractivity contribution in [2.75, 3.05) is 30.6 Å². The van der Waals surface area contributed by atoms with Crippen LogP contribution in [-0.2, 0) is 26.2 Å². The molecule has 1 atom stereocenters. The lowest BCUT2D eigenvalue weighted by atomic mass is 10.1. The van der Waals surface area contributed by atoms with Crippen molar-refractivity contribution in [2.24, 2.45) is 0 Å². The Kier molecular flexibility index (Phi) is 10.1. The van der Waals surface area contributed by atoms with Gasteiger partial charge in [-0.2, -0.15) is 0 Å². The summed E-state index contributed by atoms with van der Waals surface area (Å²) in [4.78, 5) is 28.7. The van der Waals surface area contributed by atoms with Crippen molar-refractivity contribution >= 4 is 39.1 Å². The van der Waals surface area contributed by atoms with Crippen LogP contribution in [-0.4, -0.2) is 57.5 Å². The fraction of sp³-hybridized carbons (Fsp3) is 0.333. The van der Waals surface area contributed by atoms with E-state index in [0.29, 0.717) is 42.7 Å². The summed E-state index contributed by atoms with van der Waals surface area (Å²) in [7, 11) is -4.18. The van der Waals surface area contributed by atoms with Gasteiger partial charge in [-0.25, -0.2) is 8.42 Å². The molecule has 0 fully saturated rings. The molecule has 1 heterocycles. The zero-order chi connectivity index (χ0) is 29.4. The Morgan fingerprint density at radius 1 is 0.951 bits per heavy atom. The minimum Gasteiger partial charge on any atom is -0.486 e. The van der Waals surface area contributed by atoms with E-state index in [4.69, 9.17) is 21.1 Å². The number of hydrogen-bond donors (Lipinski definition) is 1. The quantitative estimate of drug-likeness (QED) is 0.325. The summed E-state index contributed by atoms with van der Waals surface area (Å²) in [5, 5.41) is 3.41. The maximum absolute atomic E-state index is 14.1. The zero-order valence-electron chi connectivity index (χ0n) is 23.1. The number of rotatable bonds is 12. The molecule has 4 rings (SSSR count). The van der Waals surface area contributed by atoms with Gasteiger partial charge in [-0.15, -0.1) is 0 Å². The molecule has 218 valence electrons. The molecule has 11 heteroatoms. The Bertz CT molecular complexity index is 1450. The normalized spacial score (nSPS) is 13.2. The van der Waals surface area contributed by atoms with E-state index >= 15 is 0 Å². The van der Waals surface area contributed by atoms with Crippen LogP contribution in [0.4, 0.5) is 5.69 Å². The van der Waals surface area contributed by atoms with Gasteiger partial charge in [-0.05, 0) is 54.8 Å². The summed E-state index contributed by atoms with van der Waals surface area (Å²) >= 11 is 6.07. The highest BCUT2D eigenvalue weighted by atomic mass is 35.5. The predicted octanol–water partition coefficient (Wildman–Crippen LogP) is 4.64. The molecule has 0 aromatic heterocycles. The first-order chi connectivity index (χ1) is 19.7. The van der Waals surface area contributed by atoms with Crippen LogP contribution in [0.15, 0.2) is 77.7 Å². The van der Waals surface area contributed by atoms with Crippen LogP contribution in [0.5, 0.6) is 11.5 Å². The van der Waals surface area contributed by atoms with E-state index in [1.54, 1.807) is 60.7 Å². The van der Waals surface area contributed by atoms with E-state index in [0.717, 1.165) is 16.3 Å². The van der Waals surface area contributed by atoms with E-state index in [1.807, 2.05) is 13.8 Å². The van der Waals surface area contributed by atoms with E-state index in [1.165, 1.54) is 17.0 Å².